The summed E-state index contributed by atoms with van der Waals surface area (Å²) in [5, 5.41) is 7.38. The van der Waals surface area contributed by atoms with Gasteiger partial charge < -0.3 is 10.1 Å². The Kier molecular flexibility index (Phi) is 6.84. The van der Waals surface area contributed by atoms with Gasteiger partial charge >= 0.3 is 12.0 Å². The zero-order valence-corrected chi connectivity index (χ0v) is 19.3. The number of esters is 1. The number of hydrogen-bond donors (Lipinski definition) is 2. The molecule has 1 aromatic carbocycles. The average molecular weight is 464 g/mol. The van der Waals surface area contributed by atoms with E-state index in [2.05, 4.69) is 22.8 Å². The number of rotatable bonds is 5. The monoisotopic (exact) mass is 463 g/mol. The number of ether oxygens (including phenoxy) is 1. The highest BCUT2D eigenvalue weighted by atomic mass is 32.1. The van der Waals surface area contributed by atoms with Gasteiger partial charge in [-0.25, -0.2) is 14.6 Å². The molecular formula is C25H25N3O4S. The molecule has 1 aliphatic carbocycles. The lowest BCUT2D eigenvalue weighted by Gasteiger charge is -2.23. The van der Waals surface area contributed by atoms with Crippen LogP contribution in [0.4, 0.5) is 4.79 Å². The van der Waals surface area contributed by atoms with Crippen LogP contribution in [0.25, 0.3) is 22.6 Å². The Labute approximate surface area is 195 Å². The molecule has 0 saturated carbocycles. The van der Waals surface area contributed by atoms with E-state index in [1.54, 1.807) is 18.3 Å². The number of urea groups is 1. The minimum atomic E-state index is -1.13. The molecule has 1 atom stereocenters. The number of imide groups is 1. The molecule has 0 fully saturated rings. The molecule has 1 aliphatic rings. The number of hydrogen-bond acceptors (Lipinski definition) is 6. The van der Waals surface area contributed by atoms with Crippen molar-refractivity contribution in [3.8, 4) is 0 Å². The molecule has 0 aliphatic heterocycles. The van der Waals surface area contributed by atoms with Gasteiger partial charge in [0, 0.05) is 16.8 Å². The second-order valence-corrected chi connectivity index (χ2v) is 8.75. The predicted molar refractivity (Wildman–Crippen MR) is 129 cm³/mol. The third-order valence-electron chi connectivity index (χ3n) is 5.46. The number of nitrogens with zero attached hydrogens (tertiary/aromatic N) is 1. The first-order chi connectivity index (χ1) is 16.0. The number of thiophene rings is 1. The van der Waals surface area contributed by atoms with Gasteiger partial charge in [-0.3, -0.25) is 10.1 Å². The van der Waals surface area contributed by atoms with Crippen molar-refractivity contribution in [1.82, 2.24) is 15.6 Å². The van der Waals surface area contributed by atoms with Crippen LogP contribution in [0.5, 0.6) is 0 Å². The summed E-state index contributed by atoms with van der Waals surface area (Å²) in [5.41, 5.74) is 3.86. The standard InChI is InChI=1S/C25H25N3O4S/c1-3-26-25(31)28-23(29)15(2)32-24(30)21-18-10-4-5-12-20(18)27-22-16(8-6-11-19(21)22)14-17-9-7-13-33-17/h4-5,7,9-10,12-15H,3,6,8,11H2,1-2H3,(H2,26,28,29,31)/b16-14-. The highest BCUT2D eigenvalue weighted by Gasteiger charge is 2.28. The van der Waals surface area contributed by atoms with Gasteiger partial charge in [0.15, 0.2) is 6.10 Å². The van der Waals surface area contributed by atoms with Crippen molar-refractivity contribution in [2.24, 2.45) is 0 Å². The molecule has 3 aromatic rings. The predicted octanol–water partition coefficient (Wildman–Crippen LogP) is 4.56. The largest absolute Gasteiger partial charge is 0.449 e. The van der Waals surface area contributed by atoms with E-state index >= 15 is 0 Å². The van der Waals surface area contributed by atoms with E-state index < -0.39 is 24.0 Å². The zero-order chi connectivity index (χ0) is 23.4. The maximum absolute atomic E-state index is 13.3. The molecule has 0 radical (unpaired) electrons. The average Bonchev–Trinajstić information content (AvgIpc) is 3.31. The summed E-state index contributed by atoms with van der Waals surface area (Å²) in [6.45, 7) is 3.57. The lowest BCUT2D eigenvalue weighted by molar-refractivity contribution is -0.127. The summed E-state index contributed by atoms with van der Waals surface area (Å²) in [6, 6.07) is 10.9. The number of fused-ring (bicyclic) bond motifs is 2. The molecule has 0 saturated heterocycles. The fourth-order valence-corrected chi connectivity index (χ4v) is 4.63. The molecule has 7 nitrogen and oxygen atoms in total. The molecule has 2 heterocycles. The van der Waals surface area contributed by atoms with E-state index in [0.717, 1.165) is 34.5 Å². The maximum atomic E-state index is 13.3. The van der Waals surface area contributed by atoms with Crippen molar-refractivity contribution in [1.29, 1.82) is 0 Å². The maximum Gasteiger partial charge on any atom is 0.339 e. The summed E-state index contributed by atoms with van der Waals surface area (Å²) in [4.78, 5) is 43.3. The molecule has 1 unspecified atom stereocenters. The van der Waals surface area contributed by atoms with Crippen molar-refractivity contribution in [3.05, 3.63) is 63.5 Å². The minimum absolute atomic E-state index is 0.379. The van der Waals surface area contributed by atoms with Crippen LogP contribution in [-0.4, -0.2) is 35.5 Å². The first-order valence-corrected chi connectivity index (χ1v) is 11.8. The Hall–Kier alpha value is -3.52. The van der Waals surface area contributed by atoms with Crippen molar-refractivity contribution in [3.63, 3.8) is 0 Å². The SMILES string of the molecule is CCNC(=O)NC(=O)C(C)OC(=O)c1c2c(nc3ccccc13)/C(=C\c1cccs1)CCC2. The Balaban J connectivity index is 1.71. The van der Waals surface area contributed by atoms with Gasteiger partial charge in [-0.15, -0.1) is 11.3 Å². The summed E-state index contributed by atoms with van der Waals surface area (Å²) in [5.74, 6) is -1.28. The fraction of sp³-hybridized carbons (Fsp3) is 0.280. The normalized spacial score (nSPS) is 15.0. The van der Waals surface area contributed by atoms with Crippen LogP contribution in [-0.2, 0) is 16.0 Å². The van der Waals surface area contributed by atoms with Crippen LogP contribution >= 0.6 is 11.3 Å². The summed E-state index contributed by atoms with van der Waals surface area (Å²) in [6.07, 6.45) is 3.45. The second kappa shape index (κ2) is 9.95. The van der Waals surface area contributed by atoms with Crippen LogP contribution in [0.3, 0.4) is 0 Å². The van der Waals surface area contributed by atoms with Gasteiger partial charge in [0.05, 0.1) is 16.8 Å². The van der Waals surface area contributed by atoms with E-state index in [4.69, 9.17) is 9.72 Å². The van der Waals surface area contributed by atoms with E-state index in [-0.39, 0.29) is 0 Å². The third kappa shape index (κ3) is 4.96. The van der Waals surface area contributed by atoms with Crippen LogP contribution < -0.4 is 10.6 Å². The molecule has 3 amide bonds. The molecule has 33 heavy (non-hydrogen) atoms. The van der Waals surface area contributed by atoms with Gasteiger partial charge in [0.25, 0.3) is 5.91 Å². The van der Waals surface area contributed by atoms with Crippen LogP contribution in [0.1, 0.15) is 53.2 Å². The van der Waals surface area contributed by atoms with E-state index in [0.29, 0.717) is 29.4 Å². The Bertz CT molecular complexity index is 1230. The number of amides is 3. The first-order valence-electron chi connectivity index (χ1n) is 10.9. The highest BCUT2D eigenvalue weighted by Crippen LogP contribution is 2.37. The molecule has 2 N–H and O–H groups in total. The number of para-hydroxylation sites is 1. The van der Waals surface area contributed by atoms with Crippen LogP contribution in [0.2, 0.25) is 0 Å². The Morgan fingerprint density at radius 2 is 2.00 bits per heavy atom. The van der Waals surface area contributed by atoms with Crippen molar-refractivity contribution < 1.29 is 19.1 Å². The van der Waals surface area contributed by atoms with E-state index in [1.165, 1.54) is 6.92 Å². The molecule has 2 aromatic heterocycles. The fourth-order valence-electron chi connectivity index (χ4n) is 3.94. The molecule has 8 heteroatoms. The van der Waals surface area contributed by atoms with Crippen molar-refractivity contribution in [2.75, 3.05) is 6.54 Å². The zero-order valence-electron chi connectivity index (χ0n) is 18.5. The van der Waals surface area contributed by atoms with Gasteiger partial charge in [-0.1, -0.05) is 24.3 Å². The molecular weight excluding hydrogens is 438 g/mol. The number of nitrogens with one attached hydrogen (secondary N) is 2. The molecule has 0 spiro atoms. The quantitative estimate of drug-likeness (QED) is 0.541. The van der Waals surface area contributed by atoms with Gasteiger partial charge in [0.2, 0.25) is 0 Å². The van der Waals surface area contributed by atoms with Gasteiger partial charge in [-0.2, -0.15) is 0 Å². The number of carbonyl (C=O) groups excluding carboxylic acids is 3. The smallest absolute Gasteiger partial charge is 0.339 e. The van der Waals surface area contributed by atoms with E-state index in [1.807, 2.05) is 35.7 Å². The second-order valence-electron chi connectivity index (χ2n) is 7.77. The van der Waals surface area contributed by atoms with Gasteiger partial charge in [-0.05, 0) is 67.8 Å². The highest BCUT2D eigenvalue weighted by molar-refractivity contribution is 7.10. The van der Waals surface area contributed by atoms with Crippen LogP contribution in [0, 0.1) is 0 Å². The topological polar surface area (TPSA) is 97.4 Å². The molecule has 170 valence electrons. The van der Waals surface area contributed by atoms with E-state index in [9.17, 15) is 14.4 Å². The first kappa shape index (κ1) is 22.7. The number of allylic oxidation sites excluding steroid dienone is 1. The molecule has 4 rings (SSSR count). The summed E-state index contributed by atoms with van der Waals surface area (Å²) < 4.78 is 5.52. The number of pyridine rings is 1. The Morgan fingerprint density at radius 3 is 2.76 bits per heavy atom. The number of aromatic nitrogens is 1. The minimum Gasteiger partial charge on any atom is -0.449 e. The van der Waals surface area contributed by atoms with Gasteiger partial charge in [0.1, 0.15) is 0 Å². The van der Waals surface area contributed by atoms with Crippen LogP contribution in [0.15, 0.2) is 41.8 Å². The lowest BCUT2D eigenvalue weighted by Crippen LogP contribution is -2.44. The number of benzene rings is 1. The Morgan fingerprint density at radius 1 is 1.18 bits per heavy atom. The lowest BCUT2D eigenvalue weighted by atomic mass is 9.86. The number of carbonyl (C=O) groups is 3. The molecule has 0 bridgehead atoms. The third-order valence-corrected chi connectivity index (χ3v) is 6.28. The van der Waals surface area contributed by atoms with Crippen molar-refractivity contribution in [2.45, 2.75) is 39.2 Å². The summed E-state index contributed by atoms with van der Waals surface area (Å²) in [7, 11) is 0. The van der Waals surface area contributed by atoms with Crippen molar-refractivity contribution >= 4 is 51.8 Å². The summed E-state index contributed by atoms with van der Waals surface area (Å²) >= 11 is 1.65.